The molecule has 18 heavy (non-hydrogen) atoms. The highest BCUT2D eigenvalue weighted by Gasteiger charge is 2.13. The Bertz CT molecular complexity index is 192. The van der Waals surface area contributed by atoms with Crippen LogP contribution in [-0.4, -0.2) is 24.3 Å². The molecule has 0 rings (SSSR count). The number of esters is 1. The van der Waals surface area contributed by atoms with Gasteiger partial charge < -0.3 is 9.84 Å². The number of hydrogen-bond acceptors (Lipinski definition) is 3. The van der Waals surface area contributed by atoms with Crippen molar-refractivity contribution in [2.75, 3.05) is 7.11 Å². The summed E-state index contributed by atoms with van der Waals surface area (Å²) >= 11 is 0. The zero-order valence-corrected chi connectivity index (χ0v) is 12.1. The lowest BCUT2D eigenvalue weighted by Crippen LogP contribution is -2.21. The summed E-state index contributed by atoms with van der Waals surface area (Å²) in [5, 5.41) is 9.37. The number of ether oxygens (including phenoxy) is 1. The van der Waals surface area contributed by atoms with Crippen LogP contribution in [0.4, 0.5) is 0 Å². The van der Waals surface area contributed by atoms with Crippen LogP contribution in [0.25, 0.3) is 0 Å². The van der Waals surface area contributed by atoms with Gasteiger partial charge in [-0.1, -0.05) is 71.1 Å². The van der Waals surface area contributed by atoms with Crippen molar-refractivity contribution < 1.29 is 14.6 Å². The Kier molecular flexibility index (Phi) is 12.5. The van der Waals surface area contributed by atoms with Crippen molar-refractivity contribution in [1.82, 2.24) is 0 Å². The number of aliphatic hydroxyl groups is 1. The zero-order valence-electron chi connectivity index (χ0n) is 12.1. The summed E-state index contributed by atoms with van der Waals surface area (Å²) < 4.78 is 4.47. The normalized spacial score (nSPS) is 12.4. The molecule has 0 radical (unpaired) electrons. The Labute approximate surface area is 112 Å². The molecule has 3 heteroatoms. The highest BCUT2D eigenvalue weighted by molar-refractivity contribution is 5.74. The fraction of sp³-hybridized carbons (Fsp3) is 0.933. The minimum atomic E-state index is -0.927. The largest absolute Gasteiger partial charge is 0.467 e. The van der Waals surface area contributed by atoms with E-state index in [-0.39, 0.29) is 0 Å². The smallest absolute Gasteiger partial charge is 0.334 e. The SMILES string of the molecule is CCCCCCCCCCCCC(O)C(=O)OC. The zero-order chi connectivity index (χ0) is 13.6. The molecule has 0 aliphatic heterocycles. The maximum Gasteiger partial charge on any atom is 0.334 e. The van der Waals surface area contributed by atoms with Gasteiger partial charge in [-0.2, -0.15) is 0 Å². The van der Waals surface area contributed by atoms with E-state index in [2.05, 4.69) is 11.7 Å². The topological polar surface area (TPSA) is 46.5 Å². The number of unbranched alkanes of at least 4 members (excludes halogenated alkanes) is 9. The molecule has 0 aliphatic carbocycles. The fourth-order valence-electron chi connectivity index (χ4n) is 2.08. The van der Waals surface area contributed by atoms with Crippen molar-refractivity contribution in [2.45, 2.75) is 83.7 Å². The van der Waals surface area contributed by atoms with E-state index in [0.717, 1.165) is 12.8 Å². The van der Waals surface area contributed by atoms with Gasteiger partial charge in [0.15, 0.2) is 6.10 Å². The fourth-order valence-corrected chi connectivity index (χ4v) is 2.08. The molecule has 0 aromatic rings. The summed E-state index contributed by atoms with van der Waals surface area (Å²) in [5.74, 6) is -0.508. The molecule has 0 fully saturated rings. The predicted octanol–water partition coefficient (Wildman–Crippen LogP) is 3.83. The lowest BCUT2D eigenvalue weighted by molar-refractivity contribution is -0.150. The Hall–Kier alpha value is -0.570. The van der Waals surface area contributed by atoms with Crippen LogP contribution in [0.2, 0.25) is 0 Å². The Morgan fingerprint density at radius 1 is 0.944 bits per heavy atom. The van der Waals surface area contributed by atoms with Crippen LogP contribution in [0, 0.1) is 0 Å². The summed E-state index contributed by atoms with van der Waals surface area (Å²) in [6, 6.07) is 0. The van der Waals surface area contributed by atoms with Crippen LogP contribution in [-0.2, 0) is 9.53 Å². The lowest BCUT2D eigenvalue weighted by Gasteiger charge is -2.07. The average Bonchev–Trinajstić information content (AvgIpc) is 2.39. The van der Waals surface area contributed by atoms with Crippen LogP contribution in [0.15, 0.2) is 0 Å². The monoisotopic (exact) mass is 258 g/mol. The molecule has 0 heterocycles. The molecule has 0 saturated carbocycles. The van der Waals surface area contributed by atoms with E-state index < -0.39 is 12.1 Å². The Balaban J connectivity index is 3.14. The maximum atomic E-state index is 10.9. The first-order chi connectivity index (χ1) is 8.72. The van der Waals surface area contributed by atoms with Gasteiger partial charge in [-0.05, 0) is 6.42 Å². The van der Waals surface area contributed by atoms with Crippen molar-refractivity contribution in [3.63, 3.8) is 0 Å². The molecule has 1 atom stereocenters. The van der Waals surface area contributed by atoms with Gasteiger partial charge in [-0.15, -0.1) is 0 Å². The van der Waals surface area contributed by atoms with Gasteiger partial charge in [-0.3, -0.25) is 0 Å². The molecule has 0 aromatic carbocycles. The van der Waals surface area contributed by atoms with E-state index in [1.807, 2.05) is 0 Å². The van der Waals surface area contributed by atoms with E-state index >= 15 is 0 Å². The van der Waals surface area contributed by atoms with E-state index in [0.29, 0.717) is 6.42 Å². The number of aliphatic hydroxyl groups excluding tert-OH is 1. The van der Waals surface area contributed by atoms with Crippen LogP contribution in [0.5, 0.6) is 0 Å². The van der Waals surface area contributed by atoms with Gasteiger partial charge in [0.2, 0.25) is 0 Å². The quantitative estimate of drug-likeness (QED) is 0.427. The summed E-state index contributed by atoms with van der Waals surface area (Å²) in [5.41, 5.74) is 0. The highest BCUT2D eigenvalue weighted by atomic mass is 16.5. The number of rotatable bonds is 12. The number of carbonyl (C=O) groups is 1. The minimum absolute atomic E-state index is 0.508. The first kappa shape index (κ1) is 17.4. The third-order valence-corrected chi connectivity index (χ3v) is 3.30. The van der Waals surface area contributed by atoms with E-state index in [9.17, 15) is 9.90 Å². The van der Waals surface area contributed by atoms with Crippen molar-refractivity contribution >= 4 is 5.97 Å². The molecule has 0 bridgehead atoms. The van der Waals surface area contributed by atoms with Gasteiger partial charge in [0.05, 0.1) is 7.11 Å². The third-order valence-electron chi connectivity index (χ3n) is 3.30. The summed E-state index contributed by atoms with van der Waals surface area (Å²) in [7, 11) is 1.31. The van der Waals surface area contributed by atoms with Crippen molar-refractivity contribution in [3.05, 3.63) is 0 Å². The second-order valence-electron chi connectivity index (χ2n) is 5.01. The molecule has 0 aromatic heterocycles. The minimum Gasteiger partial charge on any atom is -0.467 e. The van der Waals surface area contributed by atoms with Crippen LogP contribution in [0.3, 0.4) is 0 Å². The standard InChI is InChI=1S/C15H30O3/c1-3-4-5-6-7-8-9-10-11-12-13-14(16)15(17)18-2/h14,16H,3-13H2,1-2H3. The number of methoxy groups -OCH3 is 1. The van der Waals surface area contributed by atoms with Gasteiger partial charge in [0.1, 0.15) is 0 Å². The van der Waals surface area contributed by atoms with Gasteiger partial charge in [0, 0.05) is 0 Å². The van der Waals surface area contributed by atoms with Crippen molar-refractivity contribution in [3.8, 4) is 0 Å². The molecule has 0 saturated heterocycles. The van der Waals surface area contributed by atoms with E-state index in [1.165, 1.54) is 58.5 Å². The Morgan fingerprint density at radius 2 is 1.39 bits per heavy atom. The van der Waals surface area contributed by atoms with Crippen molar-refractivity contribution in [1.29, 1.82) is 0 Å². The summed E-state index contributed by atoms with van der Waals surface area (Å²) in [6.07, 6.45) is 12.2. The molecule has 0 amide bonds. The van der Waals surface area contributed by atoms with Gasteiger partial charge >= 0.3 is 5.97 Å². The molecule has 0 spiro atoms. The second-order valence-corrected chi connectivity index (χ2v) is 5.01. The molecule has 0 aliphatic rings. The molecule has 1 unspecified atom stereocenters. The summed E-state index contributed by atoms with van der Waals surface area (Å²) in [4.78, 5) is 10.9. The van der Waals surface area contributed by atoms with Crippen LogP contribution in [0.1, 0.15) is 77.6 Å². The first-order valence-electron chi connectivity index (χ1n) is 7.48. The van der Waals surface area contributed by atoms with Crippen molar-refractivity contribution in [2.24, 2.45) is 0 Å². The predicted molar refractivity (Wildman–Crippen MR) is 74.5 cm³/mol. The lowest BCUT2D eigenvalue weighted by atomic mass is 10.0. The first-order valence-corrected chi connectivity index (χ1v) is 7.48. The second kappa shape index (κ2) is 12.9. The number of hydrogen-bond donors (Lipinski definition) is 1. The highest BCUT2D eigenvalue weighted by Crippen LogP contribution is 2.12. The molecular weight excluding hydrogens is 228 g/mol. The molecule has 3 nitrogen and oxygen atoms in total. The van der Waals surface area contributed by atoms with Crippen LogP contribution >= 0.6 is 0 Å². The average molecular weight is 258 g/mol. The third kappa shape index (κ3) is 10.6. The van der Waals surface area contributed by atoms with Gasteiger partial charge in [-0.25, -0.2) is 4.79 Å². The summed E-state index contributed by atoms with van der Waals surface area (Å²) in [6.45, 7) is 2.24. The maximum absolute atomic E-state index is 10.9. The molecular formula is C15H30O3. The molecule has 1 N–H and O–H groups in total. The Morgan fingerprint density at radius 3 is 1.83 bits per heavy atom. The van der Waals surface area contributed by atoms with E-state index in [4.69, 9.17) is 0 Å². The van der Waals surface area contributed by atoms with Crippen LogP contribution < -0.4 is 0 Å². The van der Waals surface area contributed by atoms with Gasteiger partial charge in [0.25, 0.3) is 0 Å². The molecule has 108 valence electrons. The number of carbonyl (C=O) groups excluding carboxylic acids is 1. The van der Waals surface area contributed by atoms with E-state index in [1.54, 1.807) is 0 Å².